The lowest BCUT2D eigenvalue weighted by molar-refractivity contribution is -0.143. The summed E-state index contributed by atoms with van der Waals surface area (Å²) in [5.41, 5.74) is 17.7. The number of amides is 10. The minimum Gasteiger partial charge on any atom is -0.481 e. The van der Waals surface area contributed by atoms with Crippen molar-refractivity contribution in [2.24, 2.45) is 29.0 Å². The lowest BCUT2D eigenvalue weighted by atomic mass is 10.0. The number of hydrogen-bond donors (Lipinski definition) is 15. The Kier molecular flexibility index (Phi) is 27.9. The van der Waals surface area contributed by atoms with E-state index in [-0.39, 0.29) is 56.9 Å². The van der Waals surface area contributed by atoms with Gasteiger partial charge in [0.1, 0.15) is 42.3 Å². The van der Waals surface area contributed by atoms with Gasteiger partial charge in [0.2, 0.25) is 59.1 Å². The van der Waals surface area contributed by atoms with Crippen LogP contribution in [0.25, 0.3) is 0 Å². The number of H-pyrrole nitrogens is 1. The van der Waals surface area contributed by atoms with Crippen molar-refractivity contribution in [2.45, 2.75) is 141 Å². The first kappa shape index (κ1) is 64.1. The summed E-state index contributed by atoms with van der Waals surface area (Å²) >= 11 is 0. The lowest BCUT2D eigenvalue weighted by Gasteiger charge is -2.27. The zero-order chi connectivity index (χ0) is 57.1. The van der Waals surface area contributed by atoms with Crippen molar-refractivity contribution >= 4 is 71.0 Å². The number of primary amides is 1. The Hall–Kier alpha value is -8.01. The number of carbonyl (C=O) groups is 12. The highest BCUT2D eigenvalue weighted by Crippen LogP contribution is 2.11. The Bertz CT molecular complexity index is 2300. The largest absolute Gasteiger partial charge is 0.481 e. The van der Waals surface area contributed by atoms with Crippen LogP contribution >= 0.6 is 0 Å². The molecular formula is C48H74N14O14. The highest BCUT2D eigenvalue weighted by Gasteiger charge is 2.34. The highest BCUT2D eigenvalue weighted by atomic mass is 16.4. The summed E-state index contributed by atoms with van der Waals surface area (Å²) in [5, 5.41) is 40.8. The van der Waals surface area contributed by atoms with E-state index in [1.54, 1.807) is 58.0 Å². The summed E-state index contributed by atoms with van der Waals surface area (Å²) in [6, 6.07) is -2.53. The average Bonchev–Trinajstić information content (AvgIpc) is 3.86. The molecule has 28 heteroatoms. The van der Waals surface area contributed by atoms with Gasteiger partial charge in [-0.25, -0.2) is 9.78 Å². The maximum atomic E-state index is 14.2. The Morgan fingerprint density at radius 2 is 1.07 bits per heavy atom. The molecule has 0 unspecified atom stereocenters. The third-order valence-corrected chi connectivity index (χ3v) is 11.1. The fourth-order valence-corrected chi connectivity index (χ4v) is 7.28. The number of rotatable bonds is 35. The van der Waals surface area contributed by atoms with Crippen LogP contribution in [0, 0.1) is 11.8 Å². The van der Waals surface area contributed by atoms with Crippen molar-refractivity contribution in [1.82, 2.24) is 57.8 Å². The third kappa shape index (κ3) is 24.8. The number of carbonyl (C=O) groups excluding carboxylic acids is 10. The Labute approximate surface area is 439 Å². The van der Waals surface area contributed by atoms with Crippen molar-refractivity contribution in [2.75, 3.05) is 19.6 Å². The molecule has 18 N–H and O–H groups in total. The van der Waals surface area contributed by atoms with Gasteiger partial charge >= 0.3 is 11.9 Å². The predicted octanol–water partition coefficient (Wildman–Crippen LogP) is -4.18. The zero-order valence-electron chi connectivity index (χ0n) is 43.3. The molecule has 8 atom stereocenters. The molecule has 0 aliphatic rings. The summed E-state index contributed by atoms with van der Waals surface area (Å²) < 4.78 is 0. The molecule has 0 fully saturated rings. The number of nitrogens with one attached hydrogen (secondary N) is 10. The van der Waals surface area contributed by atoms with E-state index in [1.165, 1.54) is 19.4 Å². The van der Waals surface area contributed by atoms with Gasteiger partial charge in [-0.2, -0.15) is 0 Å². The molecule has 10 amide bonds. The molecule has 0 radical (unpaired) electrons. The summed E-state index contributed by atoms with van der Waals surface area (Å²) in [7, 11) is 0. The molecule has 1 aromatic carbocycles. The molecule has 2 rings (SSSR count). The van der Waals surface area contributed by atoms with E-state index in [2.05, 4.69) is 57.8 Å². The minimum absolute atomic E-state index is 0.0721. The quantitative estimate of drug-likeness (QED) is 0.0291. The van der Waals surface area contributed by atoms with E-state index < -0.39 is 145 Å². The van der Waals surface area contributed by atoms with Gasteiger partial charge in [0, 0.05) is 24.7 Å². The van der Waals surface area contributed by atoms with Crippen LogP contribution in [0.5, 0.6) is 0 Å². The number of aromatic nitrogens is 2. The molecule has 76 heavy (non-hydrogen) atoms. The van der Waals surface area contributed by atoms with Gasteiger partial charge in [-0.15, -0.1) is 0 Å². The number of imidazole rings is 1. The van der Waals surface area contributed by atoms with E-state index in [0.29, 0.717) is 17.7 Å². The van der Waals surface area contributed by atoms with Gasteiger partial charge in [-0.05, 0) is 63.0 Å². The first-order valence-corrected chi connectivity index (χ1v) is 24.7. The maximum absolute atomic E-state index is 14.2. The van der Waals surface area contributed by atoms with E-state index in [9.17, 15) is 67.7 Å². The monoisotopic (exact) mass is 1070 g/mol. The van der Waals surface area contributed by atoms with Crippen LogP contribution in [-0.4, -0.2) is 159 Å². The summed E-state index contributed by atoms with van der Waals surface area (Å²) in [6.07, 6.45) is 1.49. The number of nitrogens with two attached hydrogens (primary N) is 3. The van der Waals surface area contributed by atoms with Crippen molar-refractivity contribution in [3.63, 3.8) is 0 Å². The molecule has 0 bridgehead atoms. The standard InChI is InChI=1S/C48H74N14O14/c1-25(2)15-31(58-41(68)27(5)50)44(71)61-35(20-40(66)67)42(69)54-22-38(64)53-23-39(65)56-34(19-37(51)63)47(74)57-30(13-9-10-14-49)43(70)60-33(18-29-21-52-24-55-29)46(73)59-32(17-28-11-7-6-8-12-28)45(72)62-36(48(75)76)16-26(3)4/h6-8,11-12,21,24-27,30-36H,9-10,13-20,22-23,49-50H2,1-5H3,(H2,51,63)(H,52,55)(H,53,64)(H,54,69)(H,56,65)(H,57,74)(H,58,68)(H,59,73)(H,60,70)(H,61,71)(H,62,72)(H,66,67)(H,75,76)/t27-,30-,31-,32-,33-,34-,35-,36-/m0/s1. The van der Waals surface area contributed by atoms with Crippen LogP contribution in [0.15, 0.2) is 42.9 Å². The number of aromatic amines is 1. The number of benzene rings is 1. The second-order valence-corrected chi connectivity index (χ2v) is 18.9. The van der Waals surface area contributed by atoms with Gasteiger partial charge < -0.3 is 80.2 Å². The SMILES string of the molecule is CC(C)C[C@H](NC(=O)[C@H](Cc1ccccc1)NC(=O)[C@H](Cc1cnc[nH]1)NC(=O)[C@H](CCCCN)NC(=O)[C@H](CC(N)=O)NC(=O)CNC(=O)CNC(=O)[C@H](CC(=O)O)NC(=O)[C@H](CC(C)C)NC(=O)[C@H](C)N)C(=O)O. The Balaban J connectivity index is 2.25. The van der Waals surface area contributed by atoms with E-state index >= 15 is 0 Å². The second-order valence-electron chi connectivity index (χ2n) is 18.9. The molecular weight excluding hydrogens is 997 g/mol. The van der Waals surface area contributed by atoms with E-state index in [1.807, 2.05) is 0 Å². The normalized spacial score (nSPS) is 14.2. The van der Waals surface area contributed by atoms with Crippen molar-refractivity contribution in [3.8, 4) is 0 Å². The molecule has 420 valence electrons. The summed E-state index contributed by atoms with van der Waals surface area (Å²) in [5.74, 6) is -12.4. The molecule has 2 aromatic rings. The van der Waals surface area contributed by atoms with E-state index in [0.717, 1.165) is 0 Å². The topological polar surface area (TPSA) is 460 Å². The van der Waals surface area contributed by atoms with Crippen molar-refractivity contribution < 1.29 is 67.7 Å². The van der Waals surface area contributed by atoms with E-state index in [4.69, 9.17) is 17.2 Å². The first-order chi connectivity index (χ1) is 35.8. The molecule has 1 aromatic heterocycles. The van der Waals surface area contributed by atoms with Crippen molar-refractivity contribution in [3.05, 3.63) is 54.1 Å². The molecule has 0 aliphatic heterocycles. The van der Waals surface area contributed by atoms with Crippen LogP contribution in [-0.2, 0) is 70.4 Å². The van der Waals surface area contributed by atoms with Crippen LogP contribution in [0.4, 0.5) is 0 Å². The van der Waals surface area contributed by atoms with Gasteiger partial charge in [0.15, 0.2) is 0 Å². The summed E-state index contributed by atoms with van der Waals surface area (Å²) in [6.45, 7) is 6.98. The molecule has 1 heterocycles. The van der Waals surface area contributed by atoms with Crippen LogP contribution < -0.4 is 65.1 Å². The fourth-order valence-electron chi connectivity index (χ4n) is 7.28. The molecule has 0 saturated heterocycles. The lowest BCUT2D eigenvalue weighted by Crippen LogP contribution is -2.60. The fraction of sp³-hybridized carbons (Fsp3) is 0.562. The molecule has 0 spiro atoms. The van der Waals surface area contributed by atoms with Gasteiger partial charge in [0.05, 0.1) is 38.3 Å². The Morgan fingerprint density at radius 3 is 1.61 bits per heavy atom. The summed E-state index contributed by atoms with van der Waals surface area (Å²) in [4.78, 5) is 163. The second kappa shape index (κ2) is 33.0. The smallest absolute Gasteiger partial charge is 0.326 e. The number of carboxylic acids is 2. The van der Waals surface area contributed by atoms with Gasteiger partial charge in [-0.3, -0.25) is 52.7 Å². The Morgan fingerprint density at radius 1 is 0.566 bits per heavy atom. The van der Waals surface area contributed by atoms with Crippen molar-refractivity contribution in [1.29, 1.82) is 0 Å². The molecule has 0 saturated carbocycles. The molecule has 28 nitrogen and oxygen atoms in total. The predicted molar refractivity (Wildman–Crippen MR) is 271 cm³/mol. The molecule has 0 aliphatic carbocycles. The van der Waals surface area contributed by atoms with Crippen LogP contribution in [0.2, 0.25) is 0 Å². The average molecular weight is 1070 g/mol. The van der Waals surface area contributed by atoms with Crippen LogP contribution in [0.1, 0.15) is 90.8 Å². The third-order valence-electron chi connectivity index (χ3n) is 11.1. The zero-order valence-corrected chi connectivity index (χ0v) is 43.3. The number of hydrogen-bond acceptors (Lipinski definition) is 15. The number of nitrogens with zero attached hydrogens (tertiary/aromatic N) is 1. The maximum Gasteiger partial charge on any atom is 0.326 e. The van der Waals surface area contributed by atoms with Crippen LogP contribution in [0.3, 0.4) is 0 Å². The highest BCUT2D eigenvalue weighted by molar-refractivity contribution is 5.99. The minimum atomic E-state index is -1.73. The number of carboxylic acid groups (broad SMARTS) is 2. The number of unbranched alkanes of at least 4 members (excludes halogenated alkanes) is 1. The van der Waals surface area contributed by atoms with Gasteiger partial charge in [0.25, 0.3) is 0 Å². The van der Waals surface area contributed by atoms with Gasteiger partial charge in [-0.1, -0.05) is 58.0 Å². The number of aliphatic carboxylic acids is 2. The first-order valence-electron chi connectivity index (χ1n) is 24.7.